The molecule has 0 saturated carbocycles. The minimum Gasteiger partial charge on any atom is -0.352 e. The molecule has 0 radical (unpaired) electrons. The average molecular weight is 595 g/mol. The summed E-state index contributed by atoms with van der Waals surface area (Å²) in [4.78, 5) is 50.0. The van der Waals surface area contributed by atoms with Crippen molar-refractivity contribution in [3.05, 3.63) is 33.1 Å². The Balaban J connectivity index is 1.98. The largest absolute Gasteiger partial charge is 0.474 e. The fourth-order valence-corrected chi connectivity index (χ4v) is 6.30. The maximum atomic E-state index is 13.4. The van der Waals surface area contributed by atoms with Gasteiger partial charge in [0.2, 0.25) is 0 Å². The lowest BCUT2D eigenvalue weighted by molar-refractivity contribution is -0.118. The highest BCUT2D eigenvalue weighted by atomic mass is 32.2. The van der Waals surface area contributed by atoms with E-state index in [1.54, 1.807) is 0 Å². The molecule has 1 aliphatic rings. The van der Waals surface area contributed by atoms with E-state index < -0.39 is 42.2 Å². The predicted octanol–water partition coefficient (Wildman–Crippen LogP) is 4.23. The van der Waals surface area contributed by atoms with Crippen molar-refractivity contribution in [2.24, 2.45) is 16.7 Å². The maximum Gasteiger partial charge on any atom is 0.474 e. The van der Waals surface area contributed by atoms with Crippen LogP contribution in [0.3, 0.4) is 0 Å². The van der Waals surface area contributed by atoms with Crippen molar-refractivity contribution in [2.75, 3.05) is 31.3 Å². The van der Waals surface area contributed by atoms with Crippen LogP contribution < -0.4 is 11.2 Å². The van der Waals surface area contributed by atoms with Gasteiger partial charge in [0.1, 0.15) is 6.23 Å². The summed E-state index contributed by atoms with van der Waals surface area (Å²) < 4.78 is 37.2. The van der Waals surface area contributed by atoms with Crippen molar-refractivity contribution in [3.63, 3.8) is 0 Å². The number of nitrogens with zero attached hydrogens (tertiary/aromatic N) is 1. The Morgan fingerprint density at radius 2 is 1.55 bits per heavy atom. The minimum absolute atomic E-state index is 0.0215. The quantitative estimate of drug-likeness (QED) is 0.274. The predicted molar refractivity (Wildman–Crippen MR) is 148 cm³/mol. The molecule has 2 heterocycles. The van der Waals surface area contributed by atoms with Crippen LogP contribution in [-0.2, 0) is 32.5 Å². The molecule has 216 valence electrons. The lowest BCUT2D eigenvalue weighted by Gasteiger charge is -2.21. The molecular formula is C24H39N2O9PS2. The molecule has 0 aromatic carbocycles. The Kier molecular flexibility index (Phi) is 12.1. The van der Waals surface area contributed by atoms with Crippen LogP contribution in [0.2, 0.25) is 0 Å². The van der Waals surface area contributed by atoms with Gasteiger partial charge in [-0.2, -0.15) is 0 Å². The second-order valence-electron chi connectivity index (χ2n) is 11.1. The Morgan fingerprint density at radius 3 is 2.03 bits per heavy atom. The zero-order chi connectivity index (χ0) is 28.7. The van der Waals surface area contributed by atoms with Gasteiger partial charge in [0, 0.05) is 40.5 Å². The van der Waals surface area contributed by atoms with E-state index in [9.17, 15) is 23.7 Å². The number of thioether (sulfide) groups is 2. The van der Waals surface area contributed by atoms with Crippen LogP contribution in [0.4, 0.5) is 0 Å². The van der Waals surface area contributed by atoms with Crippen LogP contribution in [0.25, 0.3) is 0 Å². The number of aromatic amines is 1. The summed E-state index contributed by atoms with van der Waals surface area (Å²) in [5.74, 6) is 0.435. The van der Waals surface area contributed by atoms with Crippen LogP contribution >= 0.6 is 31.3 Å². The van der Waals surface area contributed by atoms with Gasteiger partial charge in [0.15, 0.2) is 10.2 Å². The molecule has 38 heavy (non-hydrogen) atoms. The SMILES string of the molecule is C[C@H]1C[C@@H](COP(=O)(OCCSC(=O)C(C)(C)C)OCCSC(=O)C(C)(C)C)O[C@H]1n1ccc(=O)[nH]c1=O. The first-order valence-electron chi connectivity index (χ1n) is 12.4. The fraction of sp³-hybridized carbons (Fsp3) is 0.750. The van der Waals surface area contributed by atoms with E-state index in [2.05, 4.69) is 4.98 Å². The van der Waals surface area contributed by atoms with Gasteiger partial charge in [0.05, 0.1) is 25.9 Å². The lowest BCUT2D eigenvalue weighted by Crippen LogP contribution is -2.33. The molecule has 3 atom stereocenters. The number of hydrogen-bond donors (Lipinski definition) is 1. The molecule has 1 saturated heterocycles. The third-order valence-corrected chi connectivity index (χ3v) is 9.31. The van der Waals surface area contributed by atoms with Gasteiger partial charge in [-0.25, -0.2) is 9.36 Å². The Morgan fingerprint density at radius 1 is 1.03 bits per heavy atom. The van der Waals surface area contributed by atoms with E-state index in [0.29, 0.717) is 6.42 Å². The highest BCUT2D eigenvalue weighted by Crippen LogP contribution is 2.50. The number of phosphoric ester groups is 1. The summed E-state index contributed by atoms with van der Waals surface area (Å²) in [6.07, 6.45) is 0.731. The van der Waals surface area contributed by atoms with Crippen LogP contribution in [0.1, 0.15) is 61.1 Å². The molecule has 14 heteroatoms. The van der Waals surface area contributed by atoms with E-state index in [0.717, 1.165) is 23.5 Å². The van der Waals surface area contributed by atoms with Gasteiger partial charge in [0.25, 0.3) is 5.56 Å². The van der Waals surface area contributed by atoms with Gasteiger partial charge >= 0.3 is 13.5 Å². The summed E-state index contributed by atoms with van der Waals surface area (Å²) in [6, 6.07) is 1.24. The number of ether oxygens (including phenoxy) is 1. The lowest BCUT2D eigenvalue weighted by atomic mass is 9.99. The molecule has 0 amide bonds. The third-order valence-electron chi connectivity index (χ3n) is 5.35. The summed E-state index contributed by atoms with van der Waals surface area (Å²) in [5.41, 5.74) is -2.12. The summed E-state index contributed by atoms with van der Waals surface area (Å²) in [5, 5.41) is -0.0431. The number of phosphoric acid groups is 1. The van der Waals surface area contributed by atoms with Gasteiger partial charge in [-0.05, 0) is 6.42 Å². The number of rotatable bonds is 12. The smallest absolute Gasteiger partial charge is 0.352 e. The van der Waals surface area contributed by atoms with Crippen molar-refractivity contribution in [3.8, 4) is 0 Å². The van der Waals surface area contributed by atoms with E-state index in [-0.39, 0.29) is 47.5 Å². The van der Waals surface area contributed by atoms with Crippen LogP contribution in [0, 0.1) is 16.7 Å². The van der Waals surface area contributed by atoms with Crippen LogP contribution in [0.15, 0.2) is 21.9 Å². The first kappa shape index (κ1) is 33.0. The maximum absolute atomic E-state index is 13.4. The monoisotopic (exact) mass is 594 g/mol. The molecule has 2 rings (SSSR count). The van der Waals surface area contributed by atoms with Crippen molar-refractivity contribution in [2.45, 2.75) is 67.2 Å². The Labute approximate surface area is 231 Å². The highest BCUT2D eigenvalue weighted by Gasteiger charge is 2.37. The van der Waals surface area contributed by atoms with Crippen LogP contribution in [0.5, 0.6) is 0 Å². The van der Waals surface area contributed by atoms with E-state index in [4.69, 9.17) is 18.3 Å². The van der Waals surface area contributed by atoms with Crippen LogP contribution in [-0.4, -0.2) is 57.2 Å². The van der Waals surface area contributed by atoms with Gasteiger partial charge < -0.3 is 4.74 Å². The molecule has 0 spiro atoms. The van der Waals surface area contributed by atoms with E-state index >= 15 is 0 Å². The first-order valence-corrected chi connectivity index (χ1v) is 15.8. The third kappa shape index (κ3) is 10.4. The van der Waals surface area contributed by atoms with E-state index in [1.807, 2.05) is 48.5 Å². The standard InChI is InChI=1S/C24H39N2O9PS2/c1-16-14-17(35-19(16)26-9-8-18(27)25-22(26)30)15-34-36(31,32-10-12-37-20(28)23(2,3)4)33-11-13-38-21(29)24(5,6)7/h8-9,16-17,19H,10-15H2,1-7H3,(H,25,27,30)/t16-,17-,19+/m0/s1. The fourth-order valence-electron chi connectivity index (χ4n) is 3.28. The Hall–Kier alpha value is -1.21. The summed E-state index contributed by atoms with van der Waals surface area (Å²) >= 11 is 2.15. The van der Waals surface area contributed by atoms with Gasteiger partial charge in [-0.3, -0.25) is 37.5 Å². The molecular weight excluding hydrogens is 555 g/mol. The molecule has 1 aromatic heterocycles. The van der Waals surface area contributed by atoms with Crippen molar-refractivity contribution in [1.29, 1.82) is 0 Å². The molecule has 1 aliphatic heterocycles. The van der Waals surface area contributed by atoms with Crippen molar-refractivity contribution in [1.82, 2.24) is 9.55 Å². The number of aromatic nitrogens is 2. The summed E-state index contributed by atoms with van der Waals surface area (Å²) in [6.45, 7) is 12.6. The van der Waals surface area contributed by atoms with Gasteiger partial charge in [-0.1, -0.05) is 72.0 Å². The molecule has 1 N–H and O–H groups in total. The highest BCUT2D eigenvalue weighted by molar-refractivity contribution is 8.14. The first-order chi connectivity index (χ1) is 17.5. The number of carbonyl (C=O) groups is 2. The normalized spacial score (nSPS) is 20.6. The number of hydrogen-bond acceptors (Lipinski definition) is 11. The van der Waals surface area contributed by atoms with Crippen molar-refractivity contribution < 1.29 is 32.5 Å². The zero-order valence-electron chi connectivity index (χ0n) is 23.0. The van der Waals surface area contributed by atoms with Crippen molar-refractivity contribution >= 4 is 41.6 Å². The average Bonchev–Trinajstić information content (AvgIpc) is 3.17. The minimum atomic E-state index is -4.05. The zero-order valence-corrected chi connectivity index (χ0v) is 25.5. The second-order valence-corrected chi connectivity index (χ2v) is 14.9. The Bertz CT molecular complexity index is 1090. The molecule has 0 bridgehead atoms. The number of H-pyrrole nitrogens is 1. The second kappa shape index (κ2) is 13.9. The molecule has 11 nitrogen and oxygen atoms in total. The topological polar surface area (TPSA) is 143 Å². The molecule has 1 fully saturated rings. The number of nitrogens with one attached hydrogen (secondary N) is 1. The molecule has 0 unspecified atom stereocenters. The molecule has 1 aromatic rings. The number of carbonyl (C=O) groups excluding carboxylic acids is 2. The van der Waals surface area contributed by atoms with Gasteiger partial charge in [-0.15, -0.1) is 0 Å². The molecule has 0 aliphatic carbocycles. The summed E-state index contributed by atoms with van der Waals surface area (Å²) in [7, 11) is -4.05. The van der Waals surface area contributed by atoms with E-state index in [1.165, 1.54) is 16.8 Å².